The Morgan fingerprint density at radius 2 is 1.72 bits per heavy atom. The van der Waals surface area contributed by atoms with E-state index < -0.39 is 0 Å². The lowest BCUT2D eigenvalue weighted by atomic mass is 9.93. The lowest BCUT2D eigenvalue weighted by Crippen LogP contribution is -2.42. The molecule has 0 bridgehead atoms. The molecule has 2 nitrogen and oxygen atoms in total. The van der Waals surface area contributed by atoms with Crippen molar-refractivity contribution in [3.63, 3.8) is 0 Å². The third-order valence-corrected chi connectivity index (χ3v) is 4.27. The average Bonchev–Trinajstić information content (AvgIpc) is 2.38. The molecule has 0 amide bonds. The van der Waals surface area contributed by atoms with Crippen LogP contribution in [0.4, 0.5) is 0 Å². The summed E-state index contributed by atoms with van der Waals surface area (Å²) in [5.41, 5.74) is 7.29. The topological polar surface area (TPSA) is 29.3 Å². The van der Waals surface area contributed by atoms with Gasteiger partial charge in [-0.25, -0.2) is 0 Å². The van der Waals surface area contributed by atoms with Crippen LogP contribution in [0.15, 0.2) is 28.7 Å². The molecule has 0 aromatic heterocycles. The van der Waals surface area contributed by atoms with E-state index in [4.69, 9.17) is 5.73 Å². The summed E-state index contributed by atoms with van der Waals surface area (Å²) in [4.78, 5) is 2.39. The summed E-state index contributed by atoms with van der Waals surface area (Å²) < 4.78 is 1.13. The number of likely N-dealkylation sites (N-methyl/N-ethyl adjacent to an activating group) is 1. The maximum absolute atomic E-state index is 5.95. The SMILES string of the molecule is CCC(CC)C(CN)N(C)Cc1ccc(Br)cc1. The molecule has 0 saturated carbocycles. The Balaban J connectivity index is 2.67. The van der Waals surface area contributed by atoms with Crippen molar-refractivity contribution in [2.45, 2.75) is 39.3 Å². The molecule has 1 unspecified atom stereocenters. The first kappa shape index (κ1) is 15.7. The van der Waals surface area contributed by atoms with Crippen molar-refractivity contribution in [3.8, 4) is 0 Å². The third kappa shape index (κ3) is 4.38. The molecule has 0 aliphatic rings. The summed E-state index contributed by atoms with van der Waals surface area (Å²) in [7, 11) is 2.18. The van der Waals surface area contributed by atoms with Gasteiger partial charge >= 0.3 is 0 Å². The van der Waals surface area contributed by atoms with E-state index in [1.165, 1.54) is 18.4 Å². The van der Waals surface area contributed by atoms with Crippen LogP contribution < -0.4 is 5.73 Å². The van der Waals surface area contributed by atoms with Gasteiger partial charge in [-0.15, -0.1) is 0 Å². The normalized spacial score (nSPS) is 13.3. The van der Waals surface area contributed by atoms with Gasteiger partial charge in [-0.3, -0.25) is 4.90 Å². The van der Waals surface area contributed by atoms with E-state index in [2.05, 4.69) is 66.0 Å². The standard InChI is InChI=1S/C15H25BrN2/c1-4-13(5-2)15(10-17)18(3)11-12-6-8-14(16)9-7-12/h6-9,13,15H,4-5,10-11,17H2,1-3H3. The van der Waals surface area contributed by atoms with Crippen molar-refractivity contribution >= 4 is 15.9 Å². The molecule has 1 aromatic carbocycles. The van der Waals surface area contributed by atoms with Crippen molar-refractivity contribution in [2.24, 2.45) is 11.7 Å². The number of hydrogen-bond donors (Lipinski definition) is 1. The smallest absolute Gasteiger partial charge is 0.0246 e. The molecule has 2 N–H and O–H groups in total. The van der Waals surface area contributed by atoms with Gasteiger partial charge in [-0.2, -0.15) is 0 Å². The Kier molecular flexibility index (Phi) is 6.90. The Hall–Kier alpha value is -0.380. The minimum Gasteiger partial charge on any atom is -0.329 e. The molecule has 0 fully saturated rings. The van der Waals surface area contributed by atoms with Crippen LogP contribution >= 0.6 is 15.9 Å². The highest BCUT2D eigenvalue weighted by atomic mass is 79.9. The summed E-state index contributed by atoms with van der Waals surface area (Å²) in [6.45, 7) is 6.21. The van der Waals surface area contributed by atoms with Crippen LogP contribution in [0.5, 0.6) is 0 Å². The van der Waals surface area contributed by atoms with Gasteiger partial charge in [0.15, 0.2) is 0 Å². The number of nitrogens with two attached hydrogens (primary N) is 1. The molecule has 0 radical (unpaired) electrons. The zero-order valence-electron chi connectivity index (χ0n) is 11.7. The van der Waals surface area contributed by atoms with Crippen molar-refractivity contribution in [3.05, 3.63) is 34.3 Å². The zero-order valence-corrected chi connectivity index (χ0v) is 13.3. The van der Waals surface area contributed by atoms with E-state index in [0.717, 1.165) is 17.6 Å². The monoisotopic (exact) mass is 312 g/mol. The summed E-state index contributed by atoms with van der Waals surface area (Å²) in [5, 5.41) is 0. The molecule has 1 aromatic rings. The van der Waals surface area contributed by atoms with E-state index in [-0.39, 0.29) is 0 Å². The van der Waals surface area contributed by atoms with E-state index in [1.54, 1.807) is 0 Å². The summed E-state index contributed by atoms with van der Waals surface area (Å²) >= 11 is 3.47. The van der Waals surface area contributed by atoms with Crippen molar-refractivity contribution in [1.82, 2.24) is 4.90 Å². The quantitative estimate of drug-likeness (QED) is 0.832. The van der Waals surface area contributed by atoms with Crippen molar-refractivity contribution in [1.29, 1.82) is 0 Å². The van der Waals surface area contributed by atoms with Crippen LogP contribution in [0.25, 0.3) is 0 Å². The van der Waals surface area contributed by atoms with Crippen LogP contribution in [0.2, 0.25) is 0 Å². The second-order valence-electron chi connectivity index (χ2n) is 4.92. The first-order valence-electron chi connectivity index (χ1n) is 6.77. The van der Waals surface area contributed by atoms with E-state index in [9.17, 15) is 0 Å². The van der Waals surface area contributed by atoms with E-state index in [0.29, 0.717) is 12.0 Å². The highest BCUT2D eigenvalue weighted by Crippen LogP contribution is 2.19. The maximum Gasteiger partial charge on any atom is 0.0246 e. The molecule has 0 aliphatic carbocycles. The van der Waals surface area contributed by atoms with Crippen molar-refractivity contribution in [2.75, 3.05) is 13.6 Å². The Morgan fingerprint density at radius 3 is 2.17 bits per heavy atom. The molecular weight excluding hydrogens is 288 g/mol. The molecule has 18 heavy (non-hydrogen) atoms. The molecule has 1 atom stereocenters. The molecule has 0 spiro atoms. The number of rotatable bonds is 7. The van der Waals surface area contributed by atoms with Crippen LogP contribution in [0.1, 0.15) is 32.3 Å². The minimum absolute atomic E-state index is 0.476. The number of hydrogen-bond acceptors (Lipinski definition) is 2. The first-order chi connectivity index (χ1) is 8.62. The predicted molar refractivity (Wildman–Crippen MR) is 82.5 cm³/mol. The number of halogens is 1. The van der Waals surface area contributed by atoms with Crippen LogP contribution in [0.3, 0.4) is 0 Å². The molecule has 102 valence electrons. The van der Waals surface area contributed by atoms with Gasteiger partial charge in [-0.1, -0.05) is 54.8 Å². The lowest BCUT2D eigenvalue weighted by molar-refractivity contribution is 0.165. The molecular formula is C15H25BrN2. The summed E-state index contributed by atoms with van der Waals surface area (Å²) in [6.07, 6.45) is 2.39. The highest BCUT2D eigenvalue weighted by Gasteiger charge is 2.21. The van der Waals surface area contributed by atoms with Gasteiger partial charge in [0.1, 0.15) is 0 Å². The summed E-state index contributed by atoms with van der Waals surface area (Å²) in [6, 6.07) is 9.00. The molecule has 0 aliphatic heterocycles. The second kappa shape index (κ2) is 7.93. The number of nitrogens with zero attached hydrogens (tertiary/aromatic N) is 1. The number of benzene rings is 1. The van der Waals surface area contributed by atoms with Gasteiger partial charge in [0.25, 0.3) is 0 Å². The molecule has 1 rings (SSSR count). The van der Waals surface area contributed by atoms with E-state index in [1.807, 2.05) is 0 Å². The van der Waals surface area contributed by atoms with Crippen molar-refractivity contribution < 1.29 is 0 Å². The van der Waals surface area contributed by atoms with Gasteiger partial charge in [-0.05, 0) is 30.7 Å². The second-order valence-corrected chi connectivity index (χ2v) is 5.84. The molecule has 0 saturated heterocycles. The van der Waals surface area contributed by atoms with Gasteiger partial charge in [0.2, 0.25) is 0 Å². The van der Waals surface area contributed by atoms with Crippen LogP contribution in [-0.4, -0.2) is 24.5 Å². The van der Waals surface area contributed by atoms with Crippen LogP contribution in [-0.2, 0) is 6.54 Å². The maximum atomic E-state index is 5.95. The lowest BCUT2D eigenvalue weighted by Gasteiger charge is -2.33. The van der Waals surface area contributed by atoms with Crippen LogP contribution in [0, 0.1) is 5.92 Å². The highest BCUT2D eigenvalue weighted by molar-refractivity contribution is 9.10. The Labute approximate surface area is 120 Å². The zero-order chi connectivity index (χ0) is 13.5. The van der Waals surface area contributed by atoms with Gasteiger partial charge in [0.05, 0.1) is 0 Å². The first-order valence-corrected chi connectivity index (χ1v) is 7.56. The predicted octanol–water partition coefficient (Wildman–Crippen LogP) is 3.64. The van der Waals surface area contributed by atoms with Gasteiger partial charge in [0, 0.05) is 23.6 Å². The Morgan fingerprint density at radius 1 is 1.17 bits per heavy atom. The average molecular weight is 313 g/mol. The fourth-order valence-corrected chi connectivity index (χ4v) is 2.82. The molecule has 3 heteroatoms. The van der Waals surface area contributed by atoms with E-state index >= 15 is 0 Å². The fourth-order valence-electron chi connectivity index (χ4n) is 2.56. The minimum atomic E-state index is 0.476. The summed E-state index contributed by atoms with van der Waals surface area (Å²) in [5.74, 6) is 0.690. The third-order valence-electron chi connectivity index (χ3n) is 3.75. The fraction of sp³-hybridized carbons (Fsp3) is 0.600. The molecule has 0 heterocycles. The Bertz CT molecular complexity index is 333. The van der Waals surface area contributed by atoms with Gasteiger partial charge < -0.3 is 5.73 Å². The largest absolute Gasteiger partial charge is 0.329 e.